The molecule has 1 saturated carbocycles. The van der Waals surface area contributed by atoms with Crippen LogP contribution in [0.2, 0.25) is 0 Å². The van der Waals surface area contributed by atoms with E-state index in [2.05, 4.69) is 10.2 Å². The second-order valence-electron chi connectivity index (χ2n) is 9.14. The third kappa shape index (κ3) is 7.81. The SMILES string of the molecule is COCCCC(=O)N[C@H]1CC[C@H](CCN2CC=C(c3cc(C(F)(F)F)ccc3F)CC2)CC1. The van der Waals surface area contributed by atoms with Gasteiger partial charge in [-0.05, 0) is 81.2 Å². The summed E-state index contributed by atoms with van der Waals surface area (Å²) in [6.45, 7) is 2.86. The van der Waals surface area contributed by atoms with Crippen LogP contribution in [0, 0.1) is 11.7 Å². The van der Waals surface area contributed by atoms with E-state index in [1.807, 2.05) is 6.08 Å². The Hall–Kier alpha value is -1.93. The molecule has 0 spiro atoms. The average Bonchev–Trinajstić information content (AvgIpc) is 2.79. The van der Waals surface area contributed by atoms with Crippen LogP contribution in [0.1, 0.15) is 62.5 Å². The molecule has 1 aromatic rings. The molecule has 1 aliphatic heterocycles. The Morgan fingerprint density at radius 3 is 2.61 bits per heavy atom. The minimum Gasteiger partial charge on any atom is -0.385 e. The molecule has 0 bridgehead atoms. The van der Waals surface area contributed by atoms with Crippen LogP contribution in [0.5, 0.6) is 0 Å². The lowest BCUT2D eigenvalue weighted by Gasteiger charge is -2.32. The van der Waals surface area contributed by atoms with Crippen LogP contribution >= 0.6 is 0 Å². The maximum Gasteiger partial charge on any atom is 0.416 e. The average molecular weight is 471 g/mol. The second kappa shape index (κ2) is 12.0. The summed E-state index contributed by atoms with van der Waals surface area (Å²) < 4.78 is 58.1. The highest BCUT2D eigenvalue weighted by Gasteiger charge is 2.31. The Bertz CT molecular complexity index is 817. The standard InChI is InChI=1S/C25H34F4N2O2/c1-33-16-2-3-24(32)30-21-7-4-18(5-8-21)10-13-31-14-11-19(12-15-31)22-17-20(25(27,28)29)6-9-23(22)26/h6,9,11,17-18,21H,2-5,7-8,10,12-16H2,1H3,(H,30,32)/t18-,21-. The monoisotopic (exact) mass is 470 g/mol. The van der Waals surface area contributed by atoms with Gasteiger partial charge < -0.3 is 10.1 Å². The first-order chi connectivity index (χ1) is 15.8. The lowest BCUT2D eigenvalue weighted by Crippen LogP contribution is -2.38. The fourth-order valence-electron chi connectivity index (χ4n) is 4.74. The van der Waals surface area contributed by atoms with Gasteiger partial charge in [-0.3, -0.25) is 9.69 Å². The number of rotatable bonds is 9. The summed E-state index contributed by atoms with van der Waals surface area (Å²) in [5.41, 5.74) is -0.104. The fraction of sp³-hybridized carbons (Fsp3) is 0.640. The Labute approximate surface area is 193 Å². The summed E-state index contributed by atoms with van der Waals surface area (Å²) >= 11 is 0. The molecule has 1 heterocycles. The van der Waals surface area contributed by atoms with Gasteiger partial charge >= 0.3 is 6.18 Å². The molecule has 0 unspecified atom stereocenters. The van der Waals surface area contributed by atoms with E-state index >= 15 is 0 Å². The molecule has 0 radical (unpaired) electrons. The first-order valence-electron chi connectivity index (χ1n) is 11.8. The summed E-state index contributed by atoms with van der Waals surface area (Å²) in [5, 5.41) is 3.13. The molecule has 3 rings (SSSR count). The summed E-state index contributed by atoms with van der Waals surface area (Å²) in [6, 6.07) is 2.88. The van der Waals surface area contributed by atoms with Gasteiger partial charge in [-0.25, -0.2) is 4.39 Å². The number of nitrogens with one attached hydrogen (secondary N) is 1. The lowest BCUT2D eigenvalue weighted by atomic mass is 9.84. The van der Waals surface area contributed by atoms with Crippen molar-refractivity contribution < 1.29 is 27.1 Å². The van der Waals surface area contributed by atoms with Crippen LogP contribution < -0.4 is 5.32 Å². The number of hydrogen-bond acceptors (Lipinski definition) is 3. The number of carbonyl (C=O) groups excluding carboxylic acids is 1. The van der Waals surface area contributed by atoms with E-state index in [4.69, 9.17) is 4.74 Å². The molecule has 184 valence electrons. The first-order valence-corrected chi connectivity index (χ1v) is 11.8. The fourth-order valence-corrected chi connectivity index (χ4v) is 4.74. The van der Waals surface area contributed by atoms with Gasteiger partial charge in [0.2, 0.25) is 5.91 Å². The van der Waals surface area contributed by atoms with E-state index in [-0.39, 0.29) is 17.5 Å². The number of halogens is 4. The molecule has 2 aliphatic rings. The van der Waals surface area contributed by atoms with Crippen molar-refractivity contribution in [1.82, 2.24) is 10.2 Å². The van der Waals surface area contributed by atoms with Crippen molar-refractivity contribution in [2.45, 2.75) is 63.6 Å². The van der Waals surface area contributed by atoms with Gasteiger partial charge in [-0.2, -0.15) is 13.2 Å². The van der Waals surface area contributed by atoms with Gasteiger partial charge in [0, 0.05) is 44.8 Å². The highest BCUT2D eigenvalue weighted by Crippen LogP contribution is 2.34. The Morgan fingerprint density at radius 2 is 1.97 bits per heavy atom. The summed E-state index contributed by atoms with van der Waals surface area (Å²) in [5.74, 6) is 0.117. The van der Waals surface area contributed by atoms with Crippen molar-refractivity contribution in [3.05, 3.63) is 41.2 Å². The summed E-state index contributed by atoms with van der Waals surface area (Å²) in [4.78, 5) is 14.2. The number of nitrogens with zero attached hydrogens (tertiary/aromatic N) is 1. The van der Waals surface area contributed by atoms with Crippen molar-refractivity contribution in [3.8, 4) is 0 Å². The third-order valence-corrected chi connectivity index (χ3v) is 6.75. The summed E-state index contributed by atoms with van der Waals surface area (Å²) in [7, 11) is 1.63. The molecule has 1 aromatic carbocycles. The topological polar surface area (TPSA) is 41.6 Å². The molecule has 0 aromatic heterocycles. The van der Waals surface area contributed by atoms with Crippen molar-refractivity contribution in [1.29, 1.82) is 0 Å². The smallest absolute Gasteiger partial charge is 0.385 e. The molecule has 0 saturated heterocycles. The Balaban J connectivity index is 1.40. The zero-order valence-electron chi connectivity index (χ0n) is 19.2. The molecular formula is C25H34F4N2O2. The van der Waals surface area contributed by atoms with Crippen LogP contribution in [0.25, 0.3) is 5.57 Å². The number of hydrogen-bond donors (Lipinski definition) is 1. The van der Waals surface area contributed by atoms with Gasteiger partial charge in [0.15, 0.2) is 0 Å². The van der Waals surface area contributed by atoms with Gasteiger partial charge in [0.05, 0.1) is 5.56 Å². The molecule has 1 fully saturated rings. The van der Waals surface area contributed by atoms with Crippen LogP contribution in [0.3, 0.4) is 0 Å². The quantitative estimate of drug-likeness (QED) is 0.387. The summed E-state index contributed by atoms with van der Waals surface area (Å²) in [6.07, 6.45) is 4.41. The minimum absolute atomic E-state index is 0.0621. The van der Waals surface area contributed by atoms with Crippen molar-refractivity contribution in [2.24, 2.45) is 5.92 Å². The van der Waals surface area contributed by atoms with Gasteiger partial charge in [-0.15, -0.1) is 0 Å². The molecule has 0 atom stereocenters. The van der Waals surface area contributed by atoms with Gasteiger partial charge in [0.1, 0.15) is 5.82 Å². The minimum atomic E-state index is -4.48. The van der Waals surface area contributed by atoms with Crippen molar-refractivity contribution in [2.75, 3.05) is 33.4 Å². The maximum atomic E-state index is 14.2. The van der Waals surface area contributed by atoms with E-state index in [0.29, 0.717) is 44.0 Å². The number of alkyl halides is 3. The highest BCUT2D eigenvalue weighted by molar-refractivity contribution is 5.76. The molecule has 1 N–H and O–H groups in total. The van der Waals surface area contributed by atoms with E-state index in [9.17, 15) is 22.4 Å². The maximum absolute atomic E-state index is 14.2. The molecule has 8 heteroatoms. The number of carbonyl (C=O) groups is 1. The van der Waals surface area contributed by atoms with Crippen molar-refractivity contribution in [3.63, 3.8) is 0 Å². The van der Waals surface area contributed by atoms with Crippen molar-refractivity contribution >= 4 is 11.5 Å². The van der Waals surface area contributed by atoms with Crippen LogP contribution in [0.15, 0.2) is 24.3 Å². The zero-order chi connectivity index (χ0) is 23.8. The Kier molecular flexibility index (Phi) is 9.32. The van der Waals surface area contributed by atoms with E-state index in [1.54, 1.807) is 7.11 Å². The first kappa shape index (κ1) is 25.7. The predicted octanol–water partition coefficient (Wildman–Crippen LogP) is 5.43. The zero-order valence-corrected chi connectivity index (χ0v) is 19.2. The molecule has 1 amide bonds. The normalized spacial score (nSPS) is 22.2. The third-order valence-electron chi connectivity index (χ3n) is 6.75. The number of amides is 1. The predicted molar refractivity (Wildman–Crippen MR) is 120 cm³/mol. The van der Waals surface area contributed by atoms with E-state index in [0.717, 1.165) is 63.3 Å². The molecule has 1 aliphatic carbocycles. The number of methoxy groups -OCH3 is 1. The second-order valence-corrected chi connectivity index (χ2v) is 9.14. The molecule has 33 heavy (non-hydrogen) atoms. The number of ether oxygens (including phenoxy) is 1. The van der Waals surface area contributed by atoms with E-state index in [1.165, 1.54) is 0 Å². The largest absolute Gasteiger partial charge is 0.416 e. The highest BCUT2D eigenvalue weighted by atomic mass is 19.4. The van der Waals surface area contributed by atoms with Crippen LogP contribution in [-0.2, 0) is 15.7 Å². The number of benzene rings is 1. The van der Waals surface area contributed by atoms with E-state index < -0.39 is 17.6 Å². The Morgan fingerprint density at radius 1 is 1.21 bits per heavy atom. The van der Waals surface area contributed by atoms with Gasteiger partial charge in [-0.1, -0.05) is 6.08 Å². The molecule has 4 nitrogen and oxygen atoms in total. The molecular weight excluding hydrogens is 436 g/mol. The van der Waals surface area contributed by atoms with Gasteiger partial charge in [0.25, 0.3) is 0 Å². The van der Waals surface area contributed by atoms with Crippen LogP contribution in [-0.4, -0.2) is 50.2 Å². The lowest BCUT2D eigenvalue weighted by molar-refractivity contribution is -0.137. The van der Waals surface area contributed by atoms with Crippen LogP contribution in [0.4, 0.5) is 17.6 Å².